The lowest BCUT2D eigenvalue weighted by molar-refractivity contribution is 0.0696. The number of carbonyl (C=O) groups excluding carboxylic acids is 1. The molecular weight excluding hydrogens is 359 g/mol. The average molecular weight is 368 g/mol. The van der Waals surface area contributed by atoms with Crippen molar-refractivity contribution in [3.63, 3.8) is 0 Å². The number of ether oxygens (including phenoxy) is 1. The average Bonchev–Trinajstić information content (AvgIpc) is 2.40. The molecule has 0 atom stereocenters. The summed E-state index contributed by atoms with van der Waals surface area (Å²) in [6.45, 7) is 0. The van der Waals surface area contributed by atoms with E-state index < -0.39 is 11.9 Å². The predicted molar refractivity (Wildman–Crippen MR) is 77.5 cm³/mol. The highest BCUT2D eigenvalue weighted by molar-refractivity contribution is 14.1. The summed E-state index contributed by atoms with van der Waals surface area (Å²) in [6, 6.07) is 12.7. The molecule has 2 aromatic rings. The number of hydrogen-bond donors (Lipinski definition) is 1. The molecule has 0 aliphatic rings. The zero-order chi connectivity index (χ0) is 13.8. The van der Waals surface area contributed by atoms with Gasteiger partial charge in [-0.1, -0.05) is 0 Å². The third-order valence-electron chi connectivity index (χ3n) is 2.39. The number of benzene rings is 2. The molecule has 2 aromatic carbocycles. The summed E-state index contributed by atoms with van der Waals surface area (Å²) in [4.78, 5) is 22.5. The second-order valence-electron chi connectivity index (χ2n) is 3.73. The van der Waals surface area contributed by atoms with Gasteiger partial charge in [0.25, 0.3) is 0 Å². The number of hydrogen-bond acceptors (Lipinski definition) is 3. The van der Waals surface area contributed by atoms with E-state index in [1.165, 1.54) is 24.3 Å². The number of aromatic carboxylic acids is 1. The summed E-state index contributed by atoms with van der Waals surface area (Å²) in [7, 11) is 0. The summed E-state index contributed by atoms with van der Waals surface area (Å²) >= 11 is 2.15. The Kier molecular flexibility index (Phi) is 4.16. The van der Waals surface area contributed by atoms with Gasteiger partial charge in [-0.25, -0.2) is 9.59 Å². The lowest BCUT2D eigenvalue weighted by Gasteiger charge is -2.04. The van der Waals surface area contributed by atoms with Crippen molar-refractivity contribution in [3.05, 3.63) is 63.2 Å². The molecule has 0 radical (unpaired) electrons. The molecule has 0 heterocycles. The van der Waals surface area contributed by atoms with Crippen LogP contribution < -0.4 is 4.74 Å². The SMILES string of the molecule is O=C(O)c1ccc(OC(=O)c2ccc(I)cc2)cc1. The number of carboxylic acids is 1. The molecule has 0 unspecified atom stereocenters. The molecule has 4 nitrogen and oxygen atoms in total. The Bertz CT molecular complexity index is 602. The molecule has 19 heavy (non-hydrogen) atoms. The number of halogens is 1. The van der Waals surface area contributed by atoms with Gasteiger partial charge >= 0.3 is 11.9 Å². The van der Waals surface area contributed by atoms with Crippen molar-refractivity contribution in [2.75, 3.05) is 0 Å². The van der Waals surface area contributed by atoms with Crippen LogP contribution in [0.15, 0.2) is 48.5 Å². The topological polar surface area (TPSA) is 63.6 Å². The smallest absolute Gasteiger partial charge is 0.343 e. The minimum absolute atomic E-state index is 0.147. The van der Waals surface area contributed by atoms with E-state index in [1.54, 1.807) is 12.1 Å². The van der Waals surface area contributed by atoms with E-state index in [9.17, 15) is 9.59 Å². The first-order valence-corrected chi connectivity index (χ1v) is 6.45. The lowest BCUT2D eigenvalue weighted by Crippen LogP contribution is -2.08. The summed E-state index contributed by atoms with van der Waals surface area (Å²) in [5.74, 6) is -1.18. The van der Waals surface area contributed by atoms with Gasteiger partial charge in [-0.05, 0) is 71.1 Å². The molecule has 1 N–H and O–H groups in total. The van der Waals surface area contributed by atoms with Crippen molar-refractivity contribution in [2.24, 2.45) is 0 Å². The van der Waals surface area contributed by atoms with Crippen LogP contribution in [0.4, 0.5) is 0 Å². The Balaban J connectivity index is 2.10. The first-order valence-electron chi connectivity index (χ1n) is 5.37. The molecule has 0 spiro atoms. The molecule has 0 aliphatic heterocycles. The van der Waals surface area contributed by atoms with Crippen LogP contribution in [0.1, 0.15) is 20.7 Å². The predicted octanol–water partition coefficient (Wildman–Crippen LogP) is 3.21. The van der Waals surface area contributed by atoms with E-state index in [0.717, 1.165) is 3.57 Å². The first-order chi connectivity index (χ1) is 9.06. The molecule has 2 rings (SSSR count). The monoisotopic (exact) mass is 368 g/mol. The minimum Gasteiger partial charge on any atom is -0.478 e. The van der Waals surface area contributed by atoms with Crippen molar-refractivity contribution in [1.29, 1.82) is 0 Å². The summed E-state index contributed by atoms with van der Waals surface area (Å²) in [6.07, 6.45) is 0. The fourth-order valence-corrected chi connectivity index (χ4v) is 1.78. The summed E-state index contributed by atoms with van der Waals surface area (Å²) < 4.78 is 6.17. The number of rotatable bonds is 3. The second-order valence-corrected chi connectivity index (χ2v) is 4.97. The van der Waals surface area contributed by atoms with E-state index in [1.807, 2.05) is 12.1 Å². The van der Waals surface area contributed by atoms with Gasteiger partial charge in [0.15, 0.2) is 0 Å². The molecular formula is C14H9IO4. The Labute approximate surface area is 123 Å². The number of carboxylic acid groups (broad SMARTS) is 1. The van der Waals surface area contributed by atoms with E-state index in [0.29, 0.717) is 11.3 Å². The van der Waals surface area contributed by atoms with E-state index >= 15 is 0 Å². The maximum absolute atomic E-state index is 11.8. The molecule has 0 aromatic heterocycles. The van der Waals surface area contributed by atoms with Crippen LogP contribution in [0.25, 0.3) is 0 Å². The van der Waals surface area contributed by atoms with Crippen LogP contribution in [0, 0.1) is 3.57 Å². The van der Waals surface area contributed by atoms with Gasteiger partial charge in [-0.3, -0.25) is 0 Å². The molecule has 0 amide bonds. The van der Waals surface area contributed by atoms with Crippen LogP contribution in [0.3, 0.4) is 0 Å². The van der Waals surface area contributed by atoms with Gasteiger partial charge in [-0.2, -0.15) is 0 Å². The third-order valence-corrected chi connectivity index (χ3v) is 3.11. The first kappa shape index (κ1) is 13.5. The maximum atomic E-state index is 11.8. The van der Waals surface area contributed by atoms with Gasteiger partial charge in [0.2, 0.25) is 0 Å². The molecule has 0 saturated carbocycles. The van der Waals surface area contributed by atoms with E-state index in [2.05, 4.69) is 22.6 Å². The van der Waals surface area contributed by atoms with Crippen LogP contribution in [-0.2, 0) is 0 Å². The molecule has 5 heteroatoms. The van der Waals surface area contributed by atoms with E-state index in [4.69, 9.17) is 9.84 Å². The number of carbonyl (C=O) groups is 2. The minimum atomic E-state index is -1.02. The fourth-order valence-electron chi connectivity index (χ4n) is 1.42. The van der Waals surface area contributed by atoms with Crippen LogP contribution >= 0.6 is 22.6 Å². The van der Waals surface area contributed by atoms with Crippen molar-refractivity contribution >= 4 is 34.5 Å². The van der Waals surface area contributed by atoms with Crippen molar-refractivity contribution in [3.8, 4) is 5.75 Å². The van der Waals surface area contributed by atoms with E-state index in [-0.39, 0.29) is 5.56 Å². The van der Waals surface area contributed by atoms with Crippen LogP contribution in [0.2, 0.25) is 0 Å². The molecule has 0 saturated heterocycles. The maximum Gasteiger partial charge on any atom is 0.343 e. The highest BCUT2D eigenvalue weighted by Crippen LogP contribution is 2.15. The van der Waals surface area contributed by atoms with Crippen LogP contribution in [-0.4, -0.2) is 17.0 Å². The van der Waals surface area contributed by atoms with Crippen LogP contribution in [0.5, 0.6) is 5.75 Å². The van der Waals surface area contributed by atoms with Gasteiger partial charge in [0, 0.05) is 3.57 Å². The van der Waals surface area contributed by atoms with Crippen molar-refractivity contribution in [2.45, 2.75) is 0 Å². The zero-order valence-electron chi connectivity index (χ0n) is 9.67. The summed E-state index contributed by atoms with van der Waals surface area (Å²) in [5, 5.41) is 8.75. The summed E-state index contributed by atoms with van der Waals surface area (Å²) in [5.41, 5.74) is 0.594. The Morgan fingerprint density at radius 3 is 1.95 bits per heavy atom. The van der Waals surface area contributed by atoms with Gasteiger partial charge < -0.3 is 9.84 Å². The van der Waals surface area contributed by atoms with Gasteiger partial charge in [-0.15, -0.1) is 0 Å². The second kappa shape index (κ2) is 5.83. The molecule has 0 fully saturated rings. The fraction of sp³-hybridized carbons (Fsp3) is 0. The molecule has 0 aliphatic carbocycles. The highest BCUT2D eigenvalue weighted by Gasteiger charge is 2.09. The normalized spacial score (nSPS) is 9.95. The largest absolute Gasteiger partial charge is 0.478 e. The number of esters is 1. The van der Waals surface area contributed by atoms with Crippen molar-refractivity contribution in [1.82, 2.24) is 0 Å². The van der Waals surface area contributed by atoms with Crippen molar-refractivity contribution < 1.29 is 19.4 Å². The molecule has 96 valence electrons. The molecule has 0 bridgehead atoms. The highest BCUT2D eigenvalue weighted by atomic mass is 127. The standard InChI is InChI=1S/C14H9IO4/c15-11-5-1-10(2-6-11)14(18)19-12-7-3-9(4-8-12)13(16)17/h1-8H,(H,16,17). The Hall–Kier alpha value is -1.89. The lowest BCUT2D eigenvalue weighted by atomic mass is 10.2. The van der Waals surface area contributed by atoms with Gasteiger partial charge in [0.05, 0.1) is 11.1 Å². The Morgan fingerprint density at radius 1 is 0.895 bits per heavy atom. The third kappa shape index (κ3) is 3.54. The zero-order valence-corrected chi connectivity index (χ0v) is 11.8. The van der Waals surface area contributed by atoms with Gasteiger partial charge in [0.1, 0.15) is 5.75 Å². The quantitative estimate of drug-likeness (QED) is 0.514. The Morgan fingerprint density at radius 2 is 1.42 bits per heavy atom.